The van der Waals surface area contributed by atoms with Crippen molar-refractivity contribution < 1.29 is 9.47 Å². The van der Waals surface area contributed by atoms with Crippen molar-refractivity contribution in [3.8, 4) is 11.5 Å². The lowest BCUT2D eigenvalue weighted by molar-refractivity contribution is 0.356. The predicted octanol–water partition coefficient (Wildman–Crippen LogP) is 3.69. The minimum Gasteiger partial charge on any atom is -0.493 e. The van der Waals surface area contributed by atoms with Crippen LogP contribution in [-0.2, 0) is 0 Å². The zero-order valence-electron chi connectivity index (χ0n) is 13.6. The molecule has 7 nitrogen and oxygen atoms in total. The van der Waals surface area contributed by atoms with Gasteiger partial charge < -0.3 is 14.8 Å². The summed E-state index contributed by atoms with van der Waals surface area (Å²) in [5, 5.41) is 12.2. The maximum atomic E-state index is 5.38. The largest absolute Gasteiger partial charge is 0.493 e. The molecule has 0 saturated heterocycles. The number of fused-ring (bicyclic) bond motifs is 2. The van der Waals surface area contributed by atoms with Crippen LogP contribution in [0.25, 0.3) is 21.8 Å². The Bertz CT molecular complexity index is 1030. The molecule has 0 amide bonds. The van der Waals surface area contributed by atoms with Gasteiger partial charge in [-0.25, -0.2) is 9.97 Å². The van der Waals surface area contributed by atoms with Crippen molar-refractivity contribution in [2.75, 3.05) is 19.5 Å². The van der Waals surface area contributed by atoms with Gasteiger partial charge in [0.15, 0.2) is 11.5 Å². The predicted molar refractivity (Wildman–Crippen MR) is 99.3 cm³/mol. The molecule has 2 N–H and O–H groups in total. The minimum atomic E-state index is 0. The summed E-state index contributed by atoms with van der Waals surface area (Å²) >= 11 is 0. The zero-order chi connectivity index (χ0) is 16.5. The maximum absolute atomic E-state index is 5.38. The van der Waals surface area contributed by atoms with Crippen LogP contribution in [0.1, 0.15) is 0 Å². The standard InChI is InChI=1S/C17H15N5O2.ClH/c1-23-15-6-12-14(7-16(15)24-2)18-9-19-17(12)21-11-3-4-13-10(5-11)8-20-22-13;/h3-9H,1-2H3,(H,20,22)(H,18,19,21);1H. The number of H-pyrrole nitrogens is 1. The van der Waals surface area contributed by atoms with Crippen LogP contribution in [0.5, 0.6) is 11.5 Å². The monoisotopic (exact) mass is 357 g/mol. The first-order valence-corrected chi connectivity index (χ1v) is 7.35. The van der Waals surface area contributed by atoms with Gasteiger partial charge in [0.2, 0.25) is 0 Å². The van der Waals surface area contributed by atoms with Crippen LogP contribution in [0.4, 0.5) is 11.5 Å². The van der Waals surface area contributed by atoms with Crippen molar-refractivity contribution in [2.45, 2.75) is 0 Å². The van der Waals surface area contributed by atoms with Gasteiger partial charge in [0, 0.05) is 22.5 Å². The lowest BCUT2D eigenvalue weighted by atomic mass is 10.2. The molecule has 0 saturated carbocycles. The van der Waals surface area contributed by atoms with E-state index in [1.807, 2.05) is 30.3 Å². The van der Waals surface area contributed by atoms with Crippen LogP contribution in [-0.4, -0.2) is 34.4 Å². The Morgan fingerprint density at radius 1 is 1.00 bits per heavy atom. The number of rotatable bonds is 4. The second-order valence-corrected chi connectivity index (χ2v) is 5.24. The van der Waals surface area contributed by atoms with Crippen molar-refractivity contribution in [1.29, 1.82) is 0 Å². The van der Waals surface area contributed by atoms with Gasteiger partial charge in [0.05, 0.1) is 31.4 Å². The van der Waals surface area contributed by atoms with E-state index < -0.39 is 0 Å². The summed E-state index contributed by atoms with van der Waals surface area (Å²) in [5.41, 5.74) is 2.67. The van der Waals surface area contributed by atoms with Crippen molar-refractivity contribution in [1.82, 2.24) is 20.2 Å². The van der Waals surface area contributed by atoms with Crippen LogP contribution < -0.4 is 14.8 Å². The van der Waals surface area contributed by atoms with E-state index in [9.17, 15) is 0 Å². The molecule has 0 aliphatic heterocycles. The number of aromatic amines is 1. The highest BCUT2D eigenvalue weighted by Gasteiger charge is 2.11. The third-order valence-corrected chi connectivity index (χ3v) is 3.84. The minimum absolute atomic E-state index is 0. The molecule has 8 heteroatoms. The van der Waals surface area contributed by atoms with Crippen LogP contribution in [0.3, 0.4) is 0 Å². The van der Waals surface area contributed by atoms with Crippen molar-refractivity contribution in [3.05, 3.63) is 42.9 Å². The molecule has 25 heavy (non-hydrogen) atoms. The number of halogens is 1. The summed E-state index contributed by atoms with van der Waals surface area (Å²) in [5.74, 6) is 1.96. The molecule has 0 unspecified atom stereocenters. The number of aromatic nitrogens is 4. The van der Waals surface area contributed by atoms with Gasteiger partial charge >= 0.3 is 0 Å². The summed E-state index contributed by atoms with van der Waals surface area (Å²) in [6.45, 7) is 0. The van der Waals surface area contributed by atoms with Crippen molar-refractivity contribution in [2.24, 2.45) is 0 Å². The summed E-state index contributed by atoms with van der Waals surface area (Å²) in [6, 6.07) is 9.65. The Balaban J connectivity index is 0.00000182. The van der Waals surface area contributed by atoms with Crippen molar-refractivity contribution >= 4 is 45.7 Å². The lowest BCUT2D eigenvalue weighted by Crippen LogP contribution is -1.98. The number of nitrogens with zero attached hydrogens (tertiary/aromatic N) is 3. The number of benzene rings is 2. The SMILES string of the molecule is COc1cc2ncnc(Nc3ccc4[nH]ncc4c3)c2cc1OC.Cl. The quantitative estimate of drug-likeness (QED) is 0.579. The van der Waals surface area contributed by atoms with E-state index in [0.717, 1.165) is 27.5 Å². The van der Waals surface area contributed by atoms with E-state index in [1.54, 1.807) is 20.4 Å². The summed E-state index contributed by atoms with van der Waals surface area (Å²) in [4.78, 5) is 8.67. The molecule has 2 aromatic heterocycles. The van der Waals surface area contributed by atoms with E-state index >= 15 is 0 Å². The molecular weight excluding hydrogens is 342 g/mol. The van der Waals surface area contributed by atoms with Gasteiger partial charge in [-0.3, -0.25) is 5.10 Å². The molecule has 0 fully saturated rings. The first-order valence-electron chi connectivity index (χ1n) is 7.35. The number of hydrogen-bond donors (Lipinski definition) is 2. The molecule has 0 bridgehead atoms. The van der Waals surface area contributed by atoms with Gasteiger partial charge in [-0.15, -0.1) is 12.4 Å². The summed E-state index contributed by atoms with van der Waals surface area (Å²) in [7, 11) is 3.21. The molecule has 4 aromatic rings. The smallest absolute Gasteiger partial charge is 0.162 e. The molecule has 0 radical (unpaired) electrons. The second-order valence-electron chi connectivity index (χ2n) is 5.24. The third-order valence-electron chi connectivity index (χ3n) is 3.84. The van der Waals surface area contributed by atoms with Crippen LogP contribution >= 0.6 is 12.4 Å². The van der Waals surface area contributed by atoms with Gasteiger partial charge in [-0.05, 0) is 24.3 Å². The first-order chi connectivity index (χ1) is 11.8. The van der Waals surface area contributed by atoms with Crippen LogP contribution in [0, 0.1) is 0 Å². The van der Waals surface area contributed by atoms with Gasteiger partial charge in [-0.1, -0.05) is 0 Å². The van der Waals surface area contributed by atoms with E-state index in [-0.39, 0.29) is 12.4 Å². The van der Waals surface area contributed by atoms with Gasteiger partial charge in [0.25, 0.3) is 0 Å². The van der Waals surface area contributed by atoms with Gasteiger partial charge in [0.1, 0.15) is 12.1 Å². The Morgan fingerprint density at radius 2 is 1.80 bits per heavy atom. The topological polar surface area (TPSA) is 85.0 Å². The Morgan fingerprint density at radius 3 is 2.60 bits per heavy atom. The van der Waals surface area contributed by atoms with E-state index in [4.69, 9.17) is 9.47 Å². The van der Waals surface area contributed by atoms with Crippen LogP contribution in [0.2, 0.25) is 0 Å². The molecule has 4 rings (SSSR count). The van der Waals surface area contributed by atoms with Crippen molar-refractivity contribution in [3.63, 3.8) is 0 Å². The average Bonchev–Trinajstić information content (AvgIpc) is 3.08. The second kappa shape index (κ2) is 6.82. The number of hydrogen-bond acceptors (Lipinski definition) is 6. The summed E-state index contributed by atoms with van der Waals surface area (Å²) in [6.07, 6.45) is 3.31. The summed E-state index contributed by atoms with van der Waals surface area (Å²) < 4.78 is 10.7. The van der Waals surface area contributed by atoms with E-state index in [2.05, 4.69) is 25.5 Å². The van der Waals surface area contributed by atoms with Crippen LogP contribution in [0.15, 0.2) is 42.9 Å². The normalized spacial score (nSPS) is 10.5. The fourth-order valence-corrected chi connectivity index (χ4v) is 2.64. The fraction of sp³-hybridized carbons (Fsp3) is 0.118. The molecule has 2 aromatic carbocycles. The number of ether oxygens (including phenoxy) is 2. The highest BCUT2D eigenvalue weighted by atomic mass is 35.5. The first kappa shape index (κ1) is 16.8. The highest BCUT2D eigenvalue weighted by molar-refractivity contribution is 5.94. The van der Waals surface area contributed by atoms with Gasteiger partial charge in [-0.2, -0.15) is 5.10 Å². The third kappa shape index (κ3) is 3.01. The Kier molecular flexibility index (Phi) is 4.58. The molecular formula is C17H16ClN5O2. The lowest BCUT2D eigenvalue weighted by Gasteiger charge is -2.12. The molecule has 128 valence electrons. The maximum Gasteiger partial charge on any atom is 0.162 e. The Labute approximate surface area is 149 Å². The van der Waals surface area contributed by atoms with E-state index in [0.29, 0.717) is 17.3 Å². The molecule has 2 heterocycles. The molecule has 0 spiro atoms. The number of methoxy groups -OCH3 is 2. The average molecular weight is 358 g/mol. The molecule has 0 aliphatic rings. The van der Waals surface area contributed by atoms with E-state index in [1.165, 1.54) is 6.33 Å². The molecule has 0 aliphatic carbocycles. The number of anilines is 2. The number of nitrogens with one attached hydrogen (secondary N) is 2. The highest BCUT2D eigenvalue weighted by Crippen LogP contribution is 2.34. The molecule has 0 atom stereocenters. The zero-order valence-corrected chi connectivity index (χ0v) is 14.4. The fourth-order valence-electron chi connectivity index (χ4n) is 2.64. The Hall–Kier alpha value is -3.06.